The lowest BCUT2D eigenvalue weighted by Gasteiger charge is -1.98. The average Bonchev–Trinajstić information content (AvgIpc) is 2.90. The second-order valence-electron chi connectivity index (χ2n) is 3.81. The Labute approximate surface area is 109 Å². The van der Waals surface area contributed by atoms with E-state index < -0.39 is 0 Å². The van der Waals surface area contributed by atoms with E-state index in [2.05, 4.69) is 15.2 Å². The van der Waals surface area contributed by atoms with Crippen LogP contribution in [0.25, 0.3) is 17.1 Å². The maximum Gasteiger partial charge on any atom is 0.158 e. The summed E-state index contributed by atoms with van der Waals surface area (Å²) in [4.78, 5) is 4.37. The molecule has 1 aromatic carbocycles. The van der Waals surface area contributed by atoms with Gasteiger partial charge in [-0.3, -0.25) is 9.67 Å². The zero-order valence-corrected chi connectivity index (χ0v) is 10.3. The summed E-state index contributed by atoms with van der Waals surface area (Å²) in [6, 6.07) is 13.7. The number of benzene rings is 1. The van der Waals surface area contributed by atoms with E-state index in [1.54, 1.807) is 12.4 Å². The number of H-pyrrole nitrogens is 1. The molecule has 1 N–H and O–H groups in total. The Morgan fingerprint density at radius 1 is 1.06 bits per heavy atom. The van der Waals surface area contributed by atoms with Gasteiger partial charge in [0.25, 0.3) is 0 Å². The van der Waals surface area contributed by atoms with E-state index >= 15 is 0 Å². The van der Waals surface area contributed by atoms with Crippen molar-refractivity contribution in [1.29, 1.82) is 0 Å². The normalized spacial score (nSPS) is 10.4. The van der Waals surface area contributed by atoms with E-state index in [-0.39, 0.29) is 0 Å². The van der Waals surface area contributed by atoms with Crippen molar-refractivity contribution in [2.75, 3.05) is 0 Å². The van der Waals surface area contributed by atoms with Gasteiger partial charge in [-0.05, 0) is 12.1 Å². The van der Waals surface area contributed by atoms with Crippen molar-refractivity contribution >= 4 is 12.2 Å². The molecule has 18 heavy (non-hydrogen) atoms. The molecule has 2 heterocycles. The van der Waals surface area contributed by atoms with Crippen molar-refractivity contribution in [3.8, 4) is 17.1 Å². The highest BCUT2D eigenvalue weighted by atomic mass is 32.1. The first-order valence-corrected chi connectivity index (χ1v) is 5.89. The Kier molecular flexibility index (Phi) is 2.74. The van der Waals surface area contributed by atoms with Crippen molar-refractivity contribution in [2.45, 2.75) is 0 Å². The van der Waals surface area contributed by atoms with Gasteiger partial charge in [0, 0.05) is 11.8 Å². The Bertz CT molecular complexity index is 695. The number of imidazole rings is 1. The minimum atomic E-state index is 0.613. The number of rotatable bonds is 2. The Morgan fingerprint density at radius 3 is 2.61 bits per heavy atom. The number of aromatic amines is 1. The zero-order valence-electron chi connectivity index (χ0n) is 9.45. The van der Waals surface area contributed by atoms with Gasteiger partial charge in [-0.25, -0.2) is 4.98 Å². The third-order valence-corrected chi connectivity index (χ3v) is 2.81. The van der Waals surface area contributed by atoms with Gasteiger partial charge in [0.15, 0.2) is 5.82 Å². The van der Waals surface area contributed by atoms with Crippen LogP contribution >= 0.6 is 12.2 Å². The van der Waals surface area contributed by atoms with Gasteiger partial charge < -0.3 is 0 Å². The van der Waals surface area contributed by atoms with Gasteiger partial charge in [0.1, 0.15) is 11.0 Å². The van der Waals surface area contributed by atoms with Crippen molar-refractivity contribution < 1.29 is 0 Å². The molecule has 0 radical (unpaired) electrons. The molecule has 0 aliphatic rings. The fourth-order valence-electron chi connectivity index (χ4n) is 1.69. The SMILES string of the molecule is S=c1ccc(-n2cnc(-c3ccccc3)c2)n[nH]1. The number of nitrogens with one attached hydrogen (secondary N) is 1. The van der Waals surface area contributed by atoms with Gasteiger partial charge in [-0.2, -0.15) is 5.10 Å². The van der Waals surface area contributed by atoms with E-state index in [1.807, 2.05) is 47.2 Å². The van der Waals surface area contributed by atoms with Crippen LogP contribution in [0.5, 0.6) is 0 Å². The predicted octanol–water partition coefficient (Wildman–Crippen LogP) is 2.99. The molecule has 5 heteroatoms. The van der Waals surface area contributed by atoms with Crippen molar-refractivity contribution in [3.63, 3.8) is 0 Å². The second kappa shape index (κ2) is 4.54. The van der Waals surface area contributed by atoms with E-state index in [0.717, 1.165) is 17.1 Å². The van der Waals surface area contributed by atoms with Gasteiger partial charge in [0.05, 0.1) is 5.69 Å². The van der Waals surface area contributed by atoms with Gasteiger partial charge in [-0.15, -0.1) is 0 Å². The van der Waals surface area contributed by atoms with Gasteiger partial charge >= 0.3 is 0 Å². The summed E-state index contributed by atoms with van der Waals surface area (Å²) >= 11 is 4.96. The summed E-state index contributed by atoms with van der Waals surface area (Å²) < 4.78 is 2.47. The van der Waals surface area contributed by atoms with Gasteiger partial charge in [0.2, 0.25) is 0 Å². The molecule has 0 aliphatic heterocycles. The molecule has 0 unspecified atom stereocenters. The van der Waals surface area contributed by atoms with Crippen molar-refractivity contribution in [3.05, 3.63) is 59.6 Å². The van der Waals surface area contributed by atoms with Crippen LogP contribution in [-0.4, -0.2) is 19.7 Å². The lowest BCUT2D eigenvalue weighted by molar-refractivity contribution is 0.905. The summed E-state index contributed by atoms with van der Waals surface area (Å²) in [5.74, 6) is 0.762. The minimum absolute atomic E-state index is 0.613. The van der Waals surface area contributed by atoms with E-state index in [0.29, 0.717) is 4.64 Å². The molecule has 3 rings (SSSR count). The van der Waals surface area contributed by atoms with Crippen LogP contribution in [0.15, 0.2) is 55.0 Å². The Balaban J connectivity index is 1.99. The molecule has 0 bridgehead atoms. The van der Waals surface area contributed by atoms with Crippen LogP contribution in [-0.2, 0) is 0 Å². The highest BCUT2D eigenvalue weighted by molar-refractivity contribution is 7.71. The van der Waals surface area contributed by atoms with Crippen LogP contribution in [0, 0.1) is 4.64 Å². The molecule has 0 saturated heterocycles. The smallest absolute Gasteiger partial charge is 0.158 e. The molecule has 88 valence electrons. The first-order chi connectivity index (χ1) is 8.83. The largest absolute Gasteiger partial charge is 0.288 e. The maximum absolute atomic E-state index is 4.96. The molecular formula is C13H10N4S. The molecule has 0 fully saturated rings. The topological polar surface area (TPSA) is 46.5 Å². The standard InChI is InChI=1S/C13H10N4S/c18-13-7-6-12(15-16-13)17-8-11(14-9-17)10-4-2-1-3-5-10/h1-9H,(H,16,18). The molecule has 3 aromatic rings. The average molecular weight is 254 g/mol. The molecule has 0 saturated carbocycles. The first-order valence-electron chi connectivity index (χ1n) is 5.48. The number of hydrogen-bond acceptors (Lipinski definition) is 3. The molecule has 4 nitrogen and oxygen atoms in total. The predicted molar refractivity (Wildman–Crippen MR) is 72.0 cm³/mol. The van der Waals surface area contributed by atoms with E-state index in [4.69, 9.17) is 12.2 Å². The fraction of sp³-hybridized carbons (Fsp3) is 0. The van der Waals surface area contributed by atoms with Gasteiger partial charge in [-0.1, -0.05) is 42.5 Å². The molecular weight excluding hydrogens is 244 g/mol. The minimum Gasteiger partial charge on any atom is -0.288 e. The molecule has 0 aliphatic carbocycles. The Hall–Kier alpha value is -2.27. The summed E-state index contributed by atoms with van der Waals surface area (Å²) in [5.41, 5.74) is 2.00. The summed E-state index contributed by atoms with van der Waals surface area (Å²) in [6.45, 7) is 0. The first kappa shape index (κ1) is 10.9. The Morgan fingerprint density at radius 2 is 1.89 bits per heavy atom. The summed E-state index contributed by atoms with van der Waals surface area (Å²) in [6.07, 6.45) is 3.68. The number of hydrogen-bond donors (Lipinski definition) is 1. The van der Waals surface area contributed by atoms with Crippen LogP contribution in [0.2, 0.25) is 0 Å². The van der Waals surface area contributed by atoms with E-state index in [1.165, 1.54) is 0 Å². The lowest BCUT2D eigenvalue weighted by atomic mass is 10.2. The monoisotopic (exact) mass is 254 g/mol. The van der Waals surface area contributed by atoms with E-state index in [9.17, 15) is 0 Å². The molecule has 0 spiro atoms. The van der Waals surface area contributed by atoms with Crippen LogP contribution in [0.1, 0.15) is 0 Å². The van der Waals surface area contributed by atoms with Crippen LogP contribution < -0.4 is 0 Å². The van der Waals surface area contributed by atoms with Crippen molar-refractivity contribution in [2.24, 2.45) is 0 Å². The molecule has 0 amide bonds. The van der Waals surface area contributed by atoms with Crippen molar-refractivity contribution in [1.82, 2.24) is 19.7 Å². The number of aromatic nitrogens is 4. The van der Waals surface area contributed by atoms with Crippen LogP contribution in [0.3, 0.4) is 0 Å². The lowest BCUT2D eigenvalue weighted by Crippen LogP contribution is -1.95. The molecule has 0 atom stereocenters. The third-order valence-electron chi connectivity index (χ3n) is 2.58. The maximum atomic E-state index is 4.96. The second-order valence-corrected chi connectivity index (χ2v) is 4.25. The van der Waals surface area contributed by atoms with Crippen LogP contribution in [0.4, 0.5) is 0 Å². The highest BCUT2D eigenvalue weighted by Gasteiger charge is 2.03. The fourth-order valence-corrected chi connectivity index (χ4v) is 1.80. The molecule has 2 aromatic heterocycles. The summed E-state index contributed by atoms with van der Waals surface area (Å²) in [5, 5.41) is 6.91. The highest BCUT2D eigenvalue weighted by Crippen LogP contribution is 2.17. The zero-order chi connectivity index (χ0) is 12.4. The number of nitrogens with zero attached hydrogens (tertiary/aromatic N) is 3. The summed E-state index contributed by atoms with van der Waals surface area (Å²) in [7, 11) is 0. The third kappa shape index (κ3) is 2.08. The quantitative estimate of drug-likeness (QED) is 0.715.